The van der Waals surface area contributed by atoms with E-state index in [9.17, 15) is 8.42 Å². The van der Waals surface area contributed by atoms with Crippen molar-refractivity contribution in [1.82, 2.24) is 0 Å². The third kappa shape index (κ3) is 2.82. The van der Waals surface area contributed by atoms with Crippen molar-refractivity contribution in [2.75, 3.05) is 7.11 Å². The molecule has 5 nitrogen and oxygen atoms in total. The fourth-order valence-corrected chi connectivity index (χ4v) is 2.48. The first-order chi connectivity index (χ1) is 7.92. The number of hydrogen-bond acceptors (Lipinski definition) is 4. The summed E-state index contributed by atoms with van der Waals surface area (Å²) in [5.74, 6) is 0.0235. The topological polar surface area (TPSA) is 79.5 Å². The quantitative estimate of drug-likeness (QED) is 0.591. The monoisotopic (exact) mass is 252 g/mol. The van der Waals surface area contributed by atoms with Crippen LogP contribution in [0, 0.1) is 18.3 Å². The van der Waals surface area contributed by atoms with Crippen molar-refractivity contribution >= 4 is 15.9 Å². The SMILES string of the molecule is COC(C)=NS(=O)(=O)c1cccc(C)c1C#N. The van der Waals surface area contributed by atoms with Crippen LogP contribution in [0.5, 0.6) is 0 Å². The second-order valence-electron chi connectivity index (χ2n) is 3.35. The van der Waals surface area contributed by atoms with E-state index < -0.39 is 10.0 Å². The molecule has 17 heavy (non-hydrogen) atoms. The molecule has 90 valence electrons. The standard InChI is InChI=1S/C11H12N2O3S/c1-8-5-4-6-11(10(8)7-12)17(14,15)13-9(2)16-3/h4-6H,1-3H3. The summed E-state index contributed by atoms with van der Waals surface area (Å²) in [4.78, 5) is -0.101. The predicted molar refractivity (Wildman–Crippen MR) is 63.2 cm³/mol. The van der Waals surface area contributed by atoms with E-state index in [0.717, 1.165) is 0 Å². The van der Waals surface area contributed by atoms with Gasteiger partial charge < -0.3 is 4.74 Å². The average molecular weight is 252 g/mol. The molecule has 0 saturated heterocycles. The van der Waals surface area contributed by atoms with Crippen LogP contribution in [0.3, 0.4) is 0 Å². The zero-order valence-electron chi connectivity index (χ0n) is 9.76. The summed E-state index contributed by atoms with van der Waals surface area (Å²) in [5, 5.41) is 8.96. The first-order valence-corrected chi connectivity index (χ1v) is 6.21. The Morgan fingerprint density at radius 2 is 2.12 bits per heavy atom. The molecule has 1 aromatic rings. The maximum absolute atomic E-state index is 11.9. The maximum Gasteiger partial charge on any atom is 0.286 e. The summed E-state index contributed by atoms with van der Waals surface area (Å²) in [5.41, 5.74) is 0.707. The van der Waals surface area contributed by atoms with E-state index in [1.165, 1.54) is 20.1 Å². The fraction of sp³-hybridized carbons (Fsp3) is 0.273. The molecule has 0 aliphatic heterocycles. The minimum Gasteiger partial charge on any atom is -0.484 e. The Hall–Kier alpha value is -1.87. The Labute approximate surface area is 100 Å². The summed E-state index contributed by atoms with van der Waals surface area (Å²) in [6.45, 7) is 3.10. The van der Waals surface area contributed by atoms with Crippen molar-refractivity contribution in [2.45, 2.75) is 18.7 Å². The molecule has 0 spiro atoms. The molecule has 6 heteroatoms. The lowest BCUT2D eigenvalue weighted by molar-refractivity contribution is 0.401. The van der Waals surface area contributed by atoms with Gasteiger partial charge in [0.1, 0.15) is 11.0 Å². The fourth-order valence-electron chi connectivity index (χ4n) is 1.25. The zero-order valence-corrected chi connectivity index (χ0v) is 10.6. The molecular weight excluding hydrogens is 240 g/mol. The highest BCUT2D eigenvalue weighted by Gasteiger charge is 2.19. The predicted octanol–water partition coefficient (Wildman–Crippen LogP) is 1.62. The highest BCUT2D eigenvalue weighted by atomic mass is 32.2. The molecule has 0 heterocycles. The van der Waals surface area contributed by atoms with Crippen molar-refractivity contribution in [3.8, 4) is 6.07 Å². The lowest BCUT2D eigenvalue weighted by Crippen LogP contribution is -2.06. The molecule has 0 aliphatic rings. The first kappa shape index (κ1) is 13.2. The van der Waals surface area contributed by atoms with Gasteiger partial charge in [0.05, 0.1) is 12.7 Å². The van der Waals surface area contributed by atoms with Gasteiger partial charge in [-0.15, -0.1) is 4.40 Å². The van der Waals surface area contributed by atoms with Crippen LogP contribution in [0.15, 0.2) is 27.5 Å². The number of methoxy groups -OCH3 is 1. The second-order valence-corrected chi connectivity index (χ2v) is 4.92. The van der Waals surface area contributed by atoms with Gasteiger partial charge in [0, 0.05) is 6.92 Å². The van der Waals surface area contributed by atoms with E-state index in [2.05, 4.69) is 4.40 Å². The summed E-state index contributed by atoms with van der Waals surface area (Å²) in [6.07, 6.45) is 0. The minimum atomic E-state index is -3.90. The molecule has 0 radical (unpaired) electrons. The molecular formula is C11H12N2O3S. The lowest BCUT2D eigenvalue weighted by atomic mass is 10.1. The van der Waals surface area contributed by atoms with E-state index in [4.69, 9.17) is 10.00 Å². The Morgan fingerprint density at radius 3 is 2.65 bits per heavy atom. The normalized spacial score (nSPS) is 12.0. The summed E-state index contributed by atoms with van der Waals surface area (Å²) >= 11 is 0. The molecule has 0 saturated carbocycles. The van der Waals surface area contributed by atoms with Crippen molar-refractivity contribution < 1.29 is 13.2 Å². The second kappa shape index (κ2) is 4.97. The van der Waals surface area contributed by atoms with Crippen LogP contribution in [0.2, 0.25) is 0 Å². The van der Waals surface area contributed by atoms with Gasteiger partial charge in [-0.1, -0.05) is 12.1 Å². The Morgan fingerprint density at radius 1 is 1.47 bits per heavy atom. The van der Waals surface area contributed by atoms with E-state index >= 15 is 0 Å². The average Bonchev–Trinajstić information content (AvgIpc) is 2.28. The Kier molecular flexibility index (Phi) is 3.86. The molecule has 0 aliphatic carbocycles. The van der Waals surface area contributed by atoms with Crippen molar-refractivity contribution in [3.63, 3.8) is 0 Å². The van der Waals surface area contributed by atoms with Crippen molar-refractivity contribution in [3.05, 3.63) is 29.3 Å². The van der Waals surface area contributed by atoms with Crippen LogP contribution in [-0.2, 0) is 14.8 Å². The summed E-state index contributed by atoms with van der Waals surface area (Å²) < 4.78 is 32.0. The first-order valence-electron chi connectivity index (χ1n) is 4.77. The number of ether oxygens (including phenoxy) is 1. The molecule has 0 unspecified atom stereocenters. The zero-order chi connectivity index (χ0) is 13.1. The number of benzene rings is 1. The van der Waals surface area contributed by atoms with Gasteiger partial charge in [-0.3, -0.25) is 0 Å². The summed E-state index contributed by atoms with van der Waals surface area (Å²) in [6, 6.07) is 6.47. The van der Waals surface area contributed by atoms with Crippen molar-refractivity contribution in [2.24, 2.45) is 4.40 Å². The number of sulfonamides is 1. The third-order valence-electron chi connectivity index (χ3n) is 2.17. The molecule has 1 rings (SSSR count). The number of nitriles is 1. The minimum absolute atomic E-state index is 0.0235. The van der Waals surface area contributed by atoms with E-state index in [-0.39, 0.29) is 16.4 Å². The molecule has 0 amide bonds. The molecule has 0 bridgehead atoms. The smallest absolute Gasteiger partial charge is 0.286 e. The van der Waals surface area contributed by atoms with Gasteiger partial charge in [-0.2, -0.15) is 13.7 Å². The number of hydrogen-bond donors (Lipinski definition) is 0. The van der Waals surface area contributed by atoms with Crippen LogP contribution >= 0.6 is 0 Å². The Bertz CT molecular complexity index is 598. The number of rotatable bonds is 2. The van der Waals surface area contributed by atoms with Gasteiger partial charge >= 0.3 is 0 Å². The number of aryl methyl sites for hydroxylation is 1. The van der Waals surface area contributed by atoms with Gasteiger partial charge in [0.15, 0.2) is 5.90 Å². The van der Waals surface area contributed by atoms with E-state index in [0.29, 0.717) is 5.56 Å². The highest BCUT2D eigenvalue weighted by Crippen LogP contribution is 2.20. The van der Waals surface area contributed by atoms with Gasteiger partial charge in [-0.05, 0) is 18.6 Å². The van der Waals surface area contributed by atoms with E-state index in [1.807, 2.05) is 6.07 Å². The third-order valence-corrected chi connectivity index (χ3v) is 3.56. The van der Waals surface area contributed by atoms with Gasteiger partial charge in [0.2, 0.25) is 0 Å². The van der Waals surface area contributed by atoms with Crippen LogP contribution in [0.1, 0.15) is 18.1 Å². The van der Waals surface area contributed by atoms with Crippen LogP contribution in [0.25, 0.3) is 0 Å². The molecule has 0 N–H and O–H groups in total. The molecule has 0 atom stereocenters. The lowest BCUT2D eigenvalue weighted by Gasteiger charge is -2.05. The number of nitrogens with zero attached hydrogens (tertiary/aromatic N) is 2. The summed E-state index contributed by atoms with van der Waals surface area (Å²) in [7, 11) is -2.57. The van der Waals surface area contributed by atoms with Crippen molar-refractivity contribution in [1.29, 1.82) is 5.26 Å². The van der Waals surface area contributed by atoms with Crippen LogP contribution in [-0.4, -0.2) is 21.4 Å². The van der Waals surface area contributed by atoms with Crippen LogP contribution < -0.4 is 0 Å². The largest absolute Gasteiger partial charge is 0.484 e. The van der Waals surface area contributed by atoms with E-state index in [1.54, 1.807) is 19.1 Å². The van der Waals surface area contributed by atoms with Gasteiger partial charge in [0.25, 0.3) is 10.0 Å². The maximum atomic E-state index is 11.9. The molecule has 0 fully saturated rings. The molecule has 1 aromatic carbocycles. The van der Waals surface area contributed by atoms with Gasteiger partial charge in [-0.25, -0.2) is 0 Å². The van der Waals surface area contributed by atoms with Crippen LogP contribution in [0.4, 0.5) is 0 Å². The Balaban J connectivity index is 3.46. The highest BCUT2D eigenvalue weighted by molar-refractivity contribution is 7.90. The molecule has 0 aromatic heterocycles.